The largest absolute Gasteiger partial charge is 0.545 e. The molecule has 6 heteroatoms. The molecule has 146 valence electrons. The van der Waals surface area contributed by atoms with Crippen LogP contribution in [-0.2, 0) is 0 Å². The van der Waals surface area contributed by atoms with Crippen LogP contribution >= 0.6 is 0 Å². The van der Waals surface area contributed by atoms with E-state index in [1.807, 2.05) is 60.7 Å². The monoisotopic (exact) mass is 387 g/mol. The summed E-state index contributed by atoms with van der Waals surface area (Å²) >= 11 is 0. The van der Waals surface area contributed by atoms with Crippen molar-refractivity contribution < 1.29 is 19.4 Å². The Kier molecular flexibility index (Phi) is 6.37. The highest BCUT2D eigenvalue weighted by molar-refractivity contribution is 6.13. The van der Waals surface area contributed by atoms with Gasteiger partial charge in [0, 0.05) is 16.7 Å². The van der Waals surface area contributed by atoms with Crippen LogP contribution < -0.4 is 14.6 Å². The van der Waals surface area contributed by atoms with Crippen LogP contribution in [0.25, 0.3) is 0 Å². The minimum Gasteiger partial charge on any atom is -0.545 e. The molecule has 0 saturated carbocycles. The molecule has 6 nitrogen and oxygen atoms in total. The summed E-state index contributed by atoms with van der Waals surface area (Å²) in [5, 5.41) is 20.2. The first-order valence-corrected chi connectivity index (χ1v) is 8.84. The van der Waals surface area contributed by atoms with Crippen molar-refractivity contribution in [3.63, 3.8) is 0 Å². The summed E-state index contributed by atoms with van der Waals surface area (Å²) in [5.41, 5.74) is 2.60. The molecule has 0 fully saturated rings. The summed E-state index contributed by atoms with van der Waals surface area (Å²) in [6, 6.07) is 22.4. The minimum atomic E-state index is -1.39. The number of carbonyl (C=O) groups is 1. The summed E-state index contributed by atoms with van der Waals surface area (Å²) in [4.78, 5) is 11.7. The van der Waals surface area contributed by atoms with Gasteiger partial charge < -0.3 is 19.4 Å². The number of hydrogen-bond acceptors (Lipinski definition) is 6. The fraction of sp³-hybridized carbons (Fsp3) is 0.0870. The fourth-order valence-electron chi connectivity index (χ4n) is 2.88. The van der Waals surface area contributed by atoms with Gasteiger partial charge >= 0.3 is 0 Å². The fourth-order valence-corrected chi connectivity index (χ4v) is 2.88. The van der Waals surface area contributed by atoms with Crippen molar-refractivity contribution >= 4 is 17.9 Å². The number of carbonyl (C=O) groups excluding carboxylic acids is 1. The number of carboxylic acid groups (broad SMARTS) is 1. The number of hydrogen-bond donors (Lipinski definition) is 0. The van der Waals surface area contributed by atoms with E-state index in [2.05, 4.69) is 10.2 Å². The zero-order valence-electron chi connectivity index (χ0n) is 16.0. The normalized spacial score (nSPS) is 10.6. The predicted octanol–water partition coefficient (Wildman–Crippen LogP) is 2.94. The Morgan fingerprint density at radius 1 is 0.862 bits per heavy atom. The lowest BCUT2D eigenvalue weighted by Gasteiger charge is -2.15. The summed E-state index contributed by atoms with van der Waals surface area (Å²) in [5.74, 6) is -1.02. The Hall–Kier alpha value is -3.93. The molecule has 3 rings (SSSR count). The Morgan fingerprint density at radius 2 is 1.45 bits per heavy atom. The van der Waals surface area contributed by atoms with Crippen LogP contribution in [-0.4, -0.2) is 32.1 Å². The second-order valence-corrected chi connectivity index (χ2v) is 5.98. The number of nitrogens with zero attached hydrogens (tertiary/aromatic N) is 2. The molecule has 0 unspecified atom stereocenters. The third kappa shape index (κ3) is 4.50. The third-order valence-electron chi connectivity index (χ3n) is 4.23. The maximum absolute atomic E-state index is 11.7. The van der Waals surface area contributed by atoms with Gasteiger partial charge in [0.25, 0.3) is 0 Å². The number of ether oxygens (including phenoxy) is 2. The zero-order valence-corrected chi connectivity index (χ0v) is 16.0. The third-order valence-corrected chi connectivity index (χ3v) is 4.23. The first kappa shape index (κ1) is 19.8. The van der Waals surface area contributed by atoms with Crippen molar-refractivity contribution in [3.8, 4) is 11.5 Å². The van der Waals surface area contributed by atoms with Crippen molar-refractivity contribution in [3.05, 3.63) is 95.1 Å². The molecule has 0 bridgehead atoms. The Morgan fingerprint density at radius 3 is 1.93 bits per heavy atom. The van der Waals surface area contributed by atoms with Crippen LogP contribution in [0.1, 0.15) is 27.0 Å². The van der Waals surface area contributed by atoms with E-state index in [-0.39, 0.29) is 11.3 Å². The number of methoxy groups -OCH3 is 2. The Bertz CT molecular complexity index is 1000. The molecule has 29 heavy (non-hydrogen) atoms. The minimum absolute atomic E-state index is 0.0757. The van der Waals surface area contributed by atoms with Gasteiger partial charge in [0.15, 0.2) is 11.5 Å². The van der Waals surface area contributed by atoms with Gasteiger partial charge in [0.05, 0.1) is 32.0 Å². The maximum atomic E-state index is 11.7. The lowest BCUT2D eigenvalue weighted by Crippen LogP contribution is -2.24. The SMILES string of the molecule is COc1ccc(/C=N\N=C(c2ccccc2)c2ccccc2)c(C(=O)[O-])c1OC. The quantitative estimate of drug-likeness (QED) is 0.461. The Balaban J connectivity index is 2.05. The molecule has 0 aliphatic heterocycles. The van der Waals surface area contributed by atoms with E-state index in [0.717, 1.165) is 11.1 Å². The van der Waals surface area contributed by atoms with Gasteiger partial charge in [-0.2, -0.15) is 5.10 Å². The van der Waals surface area contributed by atoms with Crippen LogP contribution in [0.4, 0.5) is 0 Å². The van der Waals surface area contributed by atoms with Crippen molar-refractivity contribution in [2.75, 3.05) is 14.2 Å². The van der Waals surface area contributed by atoms with Crippen molar-refractivity contribution in [2.45, 2.75) is 0 Å². The van der Waals surface area contributed by atoms with Crippen molar-refractivity contribution in [1.82, 2.24) is 0 Å². The van der Waals surface area contributed by atoms with E-state index in [1.54, 1.807) is 12.1 Å². The molecule has 0 heterocycles. The molecule has 0 aliphatic rings. The second kappa shape index (κ2) is 9.32. The summed E-state index contributed by atoms with van der Waals surface area (Å²) in [6.45, 7) is 0. The molecule has 0 amide bonds. The van der Waals surface area contributed by atoms with E-state index in [9.17, 15) is 9.90 Å². The van der Waals surface area contributed by atoms with Crippen LogP contribution in [0, 0.1) is 0 Å². The number of carboxylic acids is 1. The standard InChI is InChI=1S/C23H20N2O4/c1-28-19-14-13-18(20(23(26)27)22(19)29-2)15-24-25-21(16-9-5-3-6-10-16)17-11-7-4-8-12-17/h3-15H,1-2H3,(H,26,27)/p-1/b24-15-. The van der Waals surface area contributed by atoms with E-state index < -0.39 is 5.97 Å². The highest BCUT2D eigenvalue weighted by Gasteiger charge is 2.15. The average Bonchev–Trinajstić information content (AvgIpc) is 2.77. The van der Waals surface area contributed by atoms with Crippen LogP contribution in [0.15, 0.2) is 83.0 Å². The van der Waals surface area contributed by atoms with Gasteiger partial charge in [-0.05, 0) is 12.1 Å². The highest BCUT2D eigenvalue weighted by Crippen LogP contribution is 2.32. The number of rotatable bonds is 7. The molecule has 0 spiro atoms. The van der Waals surface area contributed by atoms with Crippen LogP contribution in [0.2, 0.25) is 0 Å². The van der Waals surface area contributed by atoms with Crippen molar-refractivity contribution in [2.24, 2.45) is 10.2 Å². The lowest BCUT2D eigenvalue weighted by molar-refractivity contribution is -0.255. The van der Waals surface area contributed by atoms with E-state index in [1.165, 1.54) is 20.4 Å². The molecule has 0 atom stereocenters. The van der Waals surface area contributed by atoms with Crippen LogP contribution in [0.5, 0.6) is 11.5 Å². The molecular weight excluding hydrogens is 368 g/mol. The zero-order chi connectivity index (χ0) is 20.6. The average molecular weight is 387 g/mol. The topological polar surface area (TPSA) is 83.3 Å². The molecule has 0 radical (unpaired) electrons. The summed E-state index contributed by atoms with van der Waals surface area (Å²) < 4.78 is 10.3. The lowest BCUT2D eigenvalue weighted by atomic mass is 10.0. The molecule has 0 N–H and O–H groups in total. The van der Waals surface area contributed by atoms with Gasteiger partial charge in [0.1, 0.15) is 5.71 Å². The molecule has 0 aromatic heterocycles. The van der Waals surface area contributed by atoms with E-state index in [4.69, 9.17) is 9.47 Å². The van der Waals surface area contributed by atoms with Gasteiger partial charge in [-0.3, -0.25) is 0 Å². The molecule has 0 aliphatic carbocycles. The summed E-state index contributed by atoms with van der Waals surface area (Å²) in [6.07, 6.45) is 1.36. The van der Waals surface area contributed by atoms with E-state index in [0.29, 0.717) is 17.0 Å². The maximum Gasteiger partial charge on any atom is 0.170 e. The van der Waals surface area contributed by atoms with Gasteiger partial charge in [-0.25, -0.2) is 0 Å². The molecule has 0 saturated heterocycles. The first-order valence-electron chi connectivity index (χ1n) is 8.84. The smallest absolute Gasteiger partial charge is 0.170 e. The van der Waals surface area contributed by atoms with Crippen LogP contribution in [0.3, 0.4) is 0 Å². The Labute approximate surface area is 168 Å². The molecule has 3 aromatic carbocycles. The molecular formula is C23H19N2O4-. The highest BCUT2D eigenvalue weighted by atomic mass is 16.5. The second-order valence-electron chi connectivity index (χ2n) is 5.98. The molecule has 3 aromatic rings. The van der Waals surface area contributed by atoms with E-state index >= 15 is 0 Å². The predicted molar refractivity (Wildman–Crippen MR) is 110 cm³/mol. The van der Waals surface area contributed by atoms with Crippen molar-refractivity contribution in [1.29, 1.82) is 0 Å². The van der Waals surface area contributed by atoms with Gasteiger partial charge in [-0.1, -0.05) is 60.7 Å². The summed E-state index contributed by atoms with van der Waals surface area (Å²) in [7, 11) is 2.80. The van der Waals surface area contributed by atoms with Gasteiger partial charge in [-0.15, -0.1) is 5.10 Å². The van der Waals surface area contributed by atoms with Gasteiger partial charge in [0.2, 0.25) is 0 Å². The first-order chi connectivity index (χ1) is 14.2. The number of benzene rings is 3. The number of aromatic carboxylic acids is 1.